The van der Waals surface area contributed by atoms with Crippen LogP contribution in [0.5, 0.6) is 0 Å². The summed E-state index contributed by atoms with van der Waals surface area (Å²) in [6.07, 6.45) is 0. The maximum atomic E-state index is 13.8. The third kappa shape index (κ3) is 3.30. The second-order valence-corrected chi connectivity index (χ2v) is 5.25. The number of benzene rings is 1. The molecule has 0 aliphatic heterocycles. The maximum absolute atomic E-state index is 13.8. The number of nitrogens with zero attached hydrogens (tertiary/aromatic N) is 1. The molecule has 1 N–H and O–H groups in total. The van der Waals surface area contributed by atoms with E-state index in [0.717, 1.165) is 13.2 Å². The fourth-order valence-electron chi connectivity index (χ4n) is 1.86. The summed E-state index contributed by atoms with van der Waals surface area (Å²) in [6.45, 7) is 0. The zero-order valence-corrected chi connectivity index (χ0v) is 13.4. The Morgan fingerprint density at radius 2 is 1.83 bits per heavy atom. The molecule has 2 rings (SSSR count). The van der Waals surface area contributed by atoms with Crippen LogP contribution in [0.4, 0.5) is 14.5 Å². The summed E-state index contributed by atoms with van der Waals surface area (Å²) in [6, 6.07) is 2.62. The van der Waals surface area contributed by atoms with Crippen LogP contribution < -0.4 is 5.32 Å². The number of anilines is 1. The highest BCUT2D eigenvalue weighted by molar-refractivity contribution is 6.42. The topological polar surface area (TPSA) is 60.3 Å². The van der Waals surface area contributed by atoms with E-state index in [1.165, 1.54) is 17.7 Å². The Morgan fingerprint density at radius 1 is 1.17 bits per heavy atom. The van der Waals surface area contributed by atoms with Crippen LogP contribution in [0.3, 0.4) is 0 Å². The lowest BCUT2D eigenvalue weighted by atomic mass is 10.1. The number of carbonyl (C=O) groups excluding carboxylic acids is 2. The molecule has 2 aromatic rings. The molecule has 5 nitrogen and oxygen atoms in total. The minimum atomic E-state index is -1.10. The van der Waals surface area contributed by atoms with Crippen molar-refractivity contribution in [3.63, 3.8) is 0 Å². The molecule has 0 aliphatic rings. The number of nitrogens with one attached hydrogen (secondary N) is 1. The molecule has 1 amide bonds. The van der Waals surface area contributed by atoms with Crippen LogP contribution in [0.1, 0.15) is 20.8 Å². The molecule has 0 spiro atoms. The van der Waals surface area contributed by atoms with Crippen molar-refractivity contribution in [3.05, 3.63) is 51.3 Å². The van der Waals surface area contributed by atoms with Gasteiger partial charge in [-0.15, -0.1) is 0 Å². The van der Waals surface area contributed by atoms with Gasteiger partial charge < -0.3 is 14.6 Å². The first kappa shape index (κ1) is 17.2. The van der Waals surface area contributed by atoms with E-state index in [9.17, 15) is 18.4 Å². The van der Waals surface area contributed by atoms with Gasteiger partial charge in [-0.25, -0.2) is 13.6 Å². The summed E-state index contributed by atoms with van der Waals surface area (Å²) in [4.78, 5) is 23.6. The minimum absolute atomic E-state index is 0.0587. The van der Waals surface area contributed by atoms with Gasteiger partial charge in [0.1, 0.15) is 22.5 Å². The van der Waals surface area contributed by atoms with Crippen LogP contribution in [0.2, 0.25) is 10.2 Å². The summed E-state index contributed by atoms with van der Waals surface area (Å²) in [5.74, 6) is -3.88. The van der Waals surface area contributed by atoms with Gasteiger partial charge in [-0.2, -0.15) is 0 Å². The van der Waals surface area contributed by atoms with E-state index in [4.69, 9.17) is 23.2 Å². The Morgan fingerprint density at radius 3 is 2.35 bits per heavy atom. The molecule has 0 saturated heterocycles. The summed E-state index contributed by atoms with van der Waals surface area (Å²) in [5, 5.41) is 2.51. The van der Waals surface area contributed by atoms with Crippen molar-refractivity contribution in [3.8, 4) is 0 Å². The number of carbonyl (C=O) groups is 2. The maximum Gasteiger partial charge on any atom is 0.340 e. The Hall–Kier alpha value is -2.12. The van der Waals surface area contributed by atoms with Gasteiger partial charge in [-0.05, 0) is 12.1 Å². The zero-order chi connectivity index (χ0) is 17.3. The number of aromatic nitrogens is 1. The monoisotopic (exact) mass is 362 g/mol. The van der Waals surface area contributed by atoms with Crippen LogP contribution in [0, 0.1) is 11.6 Å². The highest BCUT2D eigenvalue weighted by Crippen LogP contribution is 2.26. The predicted molar refractivity (Wildman–Crippen MR) is 81.1 cm³/mol. The van der Waals surface area contributed by atoms with Gasteiger partial charge in [0.15, 0.2) is 0 Å². The average Bonchev–Trinajstić information content (AvgIpc) is 2.76. The highest BCUT2D eigenvalue weighted by Gasteiger charge is 2.20. The normalized spacial score (nSPS) is 10.5. The molecule has 23 heavy (non-hydrogen) atoms. The Labute approximate surface area is 139 Å². The third-order valence-corrected chi connectivity index (χ3v) is 3.90. The first-order valence-corrected chi connectivity index (χ1v) is 6.91. The molecule has 1 heterocycles. The van der Waals surface area contributed by atoms with Crippen molar-refractivity contribution in [1.82, 2.24) is 4.57 Å². The largest absolute Gasteiger partial charge is 0.465 e. The van der Waals surface area contributed by atoms with E-state index in [2.05, 4.69) is 10.1 Å². The SMILES string of the molecule is COC(=O)c1cc(NC(=O)c2cc(Cl)c(Cl)n2C)c(F)cc1F. The van der Waals surface area contributed by atoms with Gasteiger partial charge in [0.05, 0.1) is 23.4 Å². The summed E-state index contributed by atoms with van der Waals surface area (Å²) < 4.78 is 33.0. The van der Waals surface area contributed by atoms with E-state index >= 15 is 0 Å². The summed E-state index contributed by atoms with van der Waals surface area (Å²) in [5.41, 5.74) is -0.833. The second kappa shape index (κ2) is 6.55. The van der Waals surface area contributed by atoms with Crippen LogP contribution >= 0.6 is 23.2 Å². The number of hydrogen-bond acceptors (Lipinski definition) is 3. The molecule has 0 saturated carbocycles. The molecule has 0 atom stereocenters. The molecule has 1 aromatic heterocycles. The van der Waals surface area contributed by atoms with Gasteiger partial charge in [-0.3, -0.25) is 4.79 Å². The van der Waals surface area contributed by atoms with Crippen LogP contribution in [0.15, 0.2) is 18.2 Å². The number of hydrogen-bond donors (Lipinski definition) is 1. The molecule has 0 radical (unpaired) electrons. The van der Waals surface area contributed by atoms with Crippen molar-refractivity contribution < 1.29 is 23.1 Å². The standard InChI is InChI=1S/C14H10Cl2F2N2O3/c1-20-11(4-7(15)12(20)16)13(21)19-10-3-6(14(22)23-2)8(17)5-9(10)18/h3-5H,1-2H3,(H,19,21). The Bertz CT molecular complexity index is 806. The molecular formula is C14H10Cl2F2N2O3. The van der Waals surface area contributed by atoms with Crippen molar-refractivity contribution in [1.29, 1.82) is 0 Å². The molecule has 1 aromatic carbocycles. The van der Waals surface area contributed by atoms with Gasteiger partial charge >= 0.3 is 5.97 Å². The molecule has 122 valence electrons. The number of methoxy groups -OCH3 is 1. The van der Waals surface area contributed by atoms with Crippen LogP contribution in [-0.2, 0) is 11.8 Å². The molecule has 0 unspecified atom stereocenters. The van der Waals surface area contributed by atoms with Crippen LogP contribution in [0.25, 0.3) is 0 Å². The van der Waals surface area contributed by atoms with Crippen molar-refractivity contribution in [2.75, 3.05) is 12.4 Å². The number of amides is 1. The third-order valence-electron chi connectivity index (χ3n) is 3.06. The minimum Gasteiger partial charge on any atom is -0.465 e. The van der Waals surface area contributed by atoms with Crippen molar-refractivity contribution >= 4 is 40.8 Å². The number of rotatable bonds is 3. The van der Waals surface area contributed by atoms with Crippen molar-refractivity contribution in [2.24, 2.45) is 7.05 Å². The van der Waals surface area contributed by atoms with E-state index in [1.807, 2.05) is 0 Å². The first-order valence-electron chi connectivity index (χ1n) is 6.15. The molecule has 0 bridgehead atoms. The smallest absolute Gasteiger partial charge is 0.340 e. The van der Waals surface area contributed by atoms with E-state index < -0.39 is 29.1 Å². The van der Waals surface area contributed by atoms with E-state index in [0.29, 0.717) is 6.07 Å². The summed E-state index contributed by atoms with van der Waals surface area (Å²) in [7, 11) is 2.54. The number of ether oxygens (including phenoxy) is 1. The van der Waals surface area contributed by atoms with Gasteiger partial charge in [0.25, 0.3) is 5.91 Å². The van der Waals surface area contributed by atoms with E-state index in [-0.39, 0.29) is 21.6 Å². The highest BCUT2D eigenvalue weighted by atomic mass is 35.5. The van der Waals surface area contributed by atoms with E-state index in [1.54, 1.807) is 0 Å². The summed E-state index contributed by atoms with van der Waals surface area (Å²) >= 11 is 11.7. The van der Waals surface area contributed by atoms with Gasteiger partial charge in [0, 0.05) is 13.1 Å². The molecule has 9 heteroatoms. The fourth-order valence-corrected chi connectivity index (χ4v) is 2.23. The Balaban J connectivity index is 2.37. The first-order chi connectivity index (χ1) is 10.8. The molecule has 0 fully saturated rings. The predicted octanol–water partition coefficient (Wildman–Crippen LogP) is 3.65. The van der Waals surface area contributed by atoms with Crippen LogP contribution in [-0.4, -0.2) is 23.6 Å². The number of halogens is 4. The molecule has 0 aliphatic carbocycles. The lowest BCUT2D eigenvalue weighted by Gasteiger charge is -2.09. The lowest BCUT2D eigenvalue weighted by molar-refractivity contribution is 0.0595. The van der Waals surface area contributed by atoms with Gasteiger partial charge in [0.2, 0.25) is 0 Å². The van der Waals surface area contributed by atoms with Gasteiger partial charge in [-0.1, -0.05) is 23.2 Å². The zero-order valence-electron chi connectivity index (χ0n) is 11.9. The molecular weight excluding hydrogens is 353 g/mol. The quantitative estimate of drug-likeness (QED) is 0.847. The average molecular weight is 363 g/mol. The Kier molecular flexibility index (Phi) is 4.91. The second-order valence-electron chi connectivity index (χ2n) is 4.48. The van der Waals surface area contributed by atoms with Crippen molar-refractivity contribution in [2.45, 2.75) is 0 Å². The fraction of sp³-hybridized carbons (Fsp3) is 0.143. The number of esters is 1. The lowest BCUT2D eigenvalue weighted by Crippen LogP contribution is -2.17.